The number of rotatable bonds is 7. The number of fused-ring (bicyclic) bond motifs is 1. The molecule has 8 nitrogen and oxygen atoms in total. The van der Waals surface area contributed by atoms with E-state index >= 15 is 0 Å². The summed E-state index contributed by atoms with van der Waals surface area (Å²) in [6.07, 6.45) is 2.38. The molecule has 188 valence electrons. The van der Waals surface area contributed by atoms with Crippen LogP contribution in [0.5, 0.6) is 0 Å². The Hall–Kier alpha value is -4.18. The number of carbonyl (C=O) groups excluding carboxylic acids is 1. The van der Waals surface area contributed by atoms with Gasteiger partial charge in [-0.2, -0.15) is 5.10 Å². The summed E-state index contributed by atoms with van der Waals surface area (Å²) in [4.78, 5) is 35.7. The average Bonchev–Trinajstić information content (AvgIpc) is 3.44. The summed E-state index contributed by atoms with van der Waals surface area (Å²) in [5, 5.41) is 9.32. The third-order valence-electron chi connectivity index (χ3n) is 6.14. The van der Waals surface area contributed by atoms with E-state index in [-0.39, 0.29) is 23.7 Å². The first-order valence-corrected chi connectivity index (χ1v) is 12.7. The highest BCUT2D eigenvalue weighted by Crippen LogP contribution is 2.25. The van der Waals surface area contributed by atoms with Gasteiger partial charge in [0.25, 0.3) is 5.56 Å². The van der Waals surface area contributed by atoms with Crippen LogP contribution >= 0.6 is 11.3 Å². The largest absolute Gasteiger partial charge is 0.355 e. The van der Waals surface area contributed by atoms with Gasteiger partial charge >= 0.3 is 0 Å². The standard InChI is InChI=1S/C27H25FN6O2S/c1-16-7-8-19(28)13-23(16)34-17(2)12-22(32-34)25-18(3)31-27-33(26(25)36)21(15-37-27)14-24(35)30-11-9-20-6-4-5-10-29-20/h4-8,10,12-13,15H,9,11,14H2,1-3H3,(H,30,35). The van der Waals surface area contributed by atoms with E-state index in [0.717, 1.165) is 17.0 Å². The summed E-state index contributed by atoms with van der Waals surface area (Å²) in [5.74, 6) is -0.552. The molecule has 4 heterocycles. The number of carbonyl (C=O) groups is 1. The maximum absolute atomic E-state index is 13.9. The molecule has 0 saturated carbocycles. The topological polar surface area (TPSA) is 94.2 Å². The second-order valence-electron chi connectivity index (χ2n) is 8.83. The predicted molar refractivity (Wildman–Crippen MR) is 141 cm³/mol. The minimum atomic E-state index is -0.363. The van der Waals surface area contributed by atoms with Crippen LogP contribution in [0.3, 0.4) is 0 Å². The van der Waals surface area contributed by atoms with Crippen LogP contribution in [0.1, 0.15) is 28.3 Å². The second-order valence-corrected chi connectivity index (χ2v) is 9.67. The maximum atomic E-state index is 13.9. The van der Waals surface area contributed by atoms with Crippen LogP contribution < -0.4 is 10.9 Å². The summed E-state index contributed by atoms with van der Waals surface area (Å²) >= 11 is 1.31. The van der Waals surface area contributed by atoms with Gasteiger partial charge in [0.05, 0.1) is 23.4 Å². The van der Waals surface area contributed by atoms with E-state index in [9.17, 15) is 14.0 Å². The van der Waals surface area contributed by atoms with Crippen molar-refractivity contribution in [2.75, 3.05) is 6.54 Å². The van der Waals surface area contributed by atoms with Crippen LogP contribution in [0, 0.1) is 26.6 Å². The molecule has 4 aromatic heterocycles. The number of pyridine rings is 1. The molecule has 10 heteroatoms. The van der Waals surface area contributed by atoms with E-state index in [1.165, 1.54) is 27.9 Å². The van der Waals surface area contributed by atoms with Crippen LogP contribution in [0.25, 0.3) is 21.9 Å². The number of benzene rings is 1. The Balaban J connectivity index is 1.44. The van der Waals surface area contributed by atoms with E-state index in [1.807, 2.05) is 32.0 Å². The number of aromatic nitrogens is 5. The fourth-order valence-electron chi connectivity index (χ4n) is 4.28. The number of thiazole rings is 1. The van der Waals surface area contributed by atoms with Gasteiger partial charge < -0.3 is 5.32 Å². The fraction of sp³-hybridized carbons (Fsp3) is 0.222. The Morgan fingerprint density at radius 3 is 2.76 bits per heavy atom. The van der Waals surface area contributed by atoms with Gasteiger partial charge in [-0.05, 0) is 56.7 Å². The molecule has 0 atom stereocenters. The highest BCUT2D eigenvalue weighted by molar-refractivity contribution is 7.15. The molecule has 5 rings (SSSR count). The Bertz CT molecular complexity index is 1670. The molecule has 0 aliphatic heterocycles. The highest BCUT2D eigenvalue weighted by atomic mass is 32.1. The molecule has 37 heavy (non-hydrogen) atoms. The molecule has 0 bridgehead atoms. The van der Waals surface area contributed by atoms with Crippen LogP contribution in [0.2, 0.25) is 0 Å². The van der Waals surface area contributed by atoms with Crippen molar-refractivity contribution < 1.29 is 9.18 Å². The molecule has 1 N–H and O–H groups in total. The van der Waals surface area contributed by atoms with E-state index in [0.29, 0.717) is 46.3 Å². The summed E-state index contributed by atoms with van der Waals surface area (Å²) in [7, 11) is 0. The zero-order valence-electron chi connectivity index (χ0n) is 20.7. The predicted octanol–water partition coefficient (Wildman–Crippen LogP) is 3.97. The van der Waals surface area contributed by atoms with Crippen molar-refractivity contribution in [2.24, 2.45) is 0 Å². The van der Waals surface area contributed by atoms with Crippen LogP contribution in [-0.4, -0.2) is 36.6 Å². The monoisotopic (exact) mass is 516 g/mol. The summed E-state index contributed by atoms with van der Waals surface area (Å²) in [6, 6.07) is 12.0. The zero-order chi connectivity index (χ0) is 26.1. The van der Waals surface area contributed by atoms with Crippen molar-refractivity contribution in [1.82, 2.24) is 29.5 Å². The summed E-state index contributed by atoms with van der Waals surface area (Å²) < 4.78 is 17.0. The molecular weight excluding hydrogens is 491 g/mol. The number of aryl methyl sites for hydroxylation is 3. The molecule has 0 fully saturated rings. The molecule has 0 saturated heterocycles. The number of amides is 1. The minimum absolute atomic E-state index is 0.0439. The third kappa shape index (κ3) is 4.92. The van der Waals surface area contributed by atoms with E-state index in [1.54, 1.807) is 35.3 Å². The first-order chi connectivity index (χ1) is 17.8. The number of hydrogen-bond acceptors (Lipinski definition) is 6. The van der Waals surface area contributed by atoms with Crippen molar-refractivity contribution in [3.05, 3.63) is 98.6 Å². The van der Waals surface area contributed by atoms with Gasteiger partial charge in [0.2, 0.25) is 5.91 Å². The lowest BCUT2D eigenvalue weighted by molar-refractivity contribution is -0.120. The minimum Gasteiger partial charge on any atom is -0.355 e. The van der Waals surface area contributed by atoms with E-state index < -0.39 is 0 Å². The number of hydrogen-bond donors (Lipinski definition) is 1. The van der Waals surface area contributed by atoms with E-state index in [4.69, 9.17) is 0 Å². The molecule has 1 aromatic carbocycles. The smallest absolute Gasteiger partial charge is 0.268 e. The van der Waals surface area contributed by atoms with Gasteiger partial charge in [0.1, 0.15) is 11.5 Å². The summed E-state index contributed by atoms with van der Waals surface area (Å²) in [6.45, 7) is 5.95. The van der Waals surface area contributed by atoms with Crippen molar-refractivity contribution in [2.45, 2.75) is 33.6 Å². The van der Waals surface area contributed by atoms with Crippen molar-refractivity contribution >= 4 is 22.2 Å². The molecule has 0 radical (unpaired) electrons. The van der Waals surface area contributed by atoms with Crippen LogP contribution in [-0.2, 0) is 17.6 Å². The Labute approximate surface area is 216 Å². The third-order valence-corrected chi connectivity index (χ3v) is 7.01. The normalized spacial score (nSPS) is 11.2. The number of halogens is 1. The Morgan fingerprint density at radius 2 is 1.97 bits per heavy atom. The van der Waals surface area contributed by atoms with E-state index in [2.05, 4.69) is 20.4 Å². The zero-order valence-corrected chi connectivity index (χ0v) is 21.5. The molecule has 1 amide bonds. The molecule has 0 aliphatic rings. The maximum Gasteiger partial charge on any atom is 0.268 e. The van der Waals surface area contributed by atoms with Crippen LogP contribution in [0.15, 0.2) is 58.8 Å². The average molecular weight is 517 g/mol. The Morgan fingerprint density at radius 1 is 1.14 bits per heavy atom. The SMILES string of the molecule is Cc1ccc(F)cc1-n1nc(-c2c(C)nc3scc(CC(=O)NCCc4ccccn4)n3c2=O)cc1C. The molecular formula is C27H25FN6O2S. The fourth-order valence-corrected chi connectivity index (χ4v) is 5.20. The quantitative estimate of drug-likeness (QED) is 0.353. The number of nitrogens with zero attached hydrogens (tertiary/aromatic N) is 5. The molecule has 0 aliphatic carbocycles. The Kier molecular flexibility index (Phi) is 6.66. The lowest BCUT2D eigenvalue weighted by Crippen LogP contribution is -2.29. The van der Waals surface area contributed by atoms with Crippen molar-refractivity contribution in [3.8, 4) is 16.9 Å². The van der Waals surface area contributed by atoms with Gasteiger partial charge in [-0.25, -0.2) is 14.1 Å². The molecule has 0 unspecified atom stereocenters. The van der Waals surface area contributed by atoms with Gasteiger partial charge in [-0.15, -0.1) is 11.3 Å². The number of nitrogens with one attached hydrogen (secondary N) is 1. The first-order valence-electron chi connectivity index (χ1n) is 11.8. The van der Waals surface area contributed by atoms with Gasteiger partial charge in [0, 0.05) is 41.6 Å². The molecule has 5 aromatic rings. The van der Waals surface area contributed by atoms with Gasteiger partial charge in [0.15, 0.2) is 4.96 Å². The lowest BCUT2D eigenvalue weighted by atomic mass is 10.1. The first kappa shape index (κ1) is 24.5. The second kappa shape index (κ2) is 10.1. The lowest BCUT2D eigenvalue weighted by Gasteiger charge is -2.08. The van der Waals surface area contributed by atoms with Gasteiger partial charge in [-0.1, -0.05) is 12.1 Å². The van der Waals surface area contributed by atoms with Gasteiger partial charge in [-0.3, -0.25) is 19.0 Å². The van der Waals surface area contributed by atoms with Crippen molar-refractivity contribution in [1.29, 1.82) is 0 Å². The summed E-state index contributed by atoms with van der Waals surface area (Å²) in [5.41, 5.74) is 4.72. The molecule has 0 spiro atoms. The highest BCUT2D eigenvalue weighted by Gasteiger charge is 2.20. The van der Waals surface area contributed by atoms with Crippen molar-refractivity contribution in [3.63, 3.8) is 0 Å². The van der Waals surface area contributed by atoms with Crippen LogP contribution in [0.4, 0.5) is 4.39 Å².